The van der Waals surface area contributed by atoms with Crippen LogP contribution in [0.4, 0.5) is 4.79 Å². The fourth-order valence-electron chi connectivity index (χ4n) is 3.66. The van der Waals surface area contributed by atoms with E-state index in [1.54, 1.807) is 11.2 Å². The van der Waals surface area contributed by atoms with Gasteiger partial charge in [0.1, 0.15) is 5.76 Å². The van der Waals surface area contributed by atoms with Crippen LogP contribution in [-0.4, -0.2) is 55.8 Å². The molecule has 0 spiro atoms. The summed E-state index contributed by atoms with van der Waals surface area (Å²) in [6, 6.07) is 4.73. The summed E-state index contributed by atoms with van der Waals surface area (Å²) in [5, 5.41) is 7.16. The first-order chi connectivity index (χ1) is 12.7. The Bertz CT molecular complexity index is 574. The van der Waals surface area contributed by atoms with Gasteiger partial charge in [0.25, 0.3) is 0 Å². The van der Waals surface area contributed by atoms with Gasteiger partial charge >= 0.3 is 6.09 Å². The van der Waals surface area contributed by atoms with Gasteiger partial charge in [0.2, 0.25) is 0 Å². The second-order valence-corrected chi connectivity index (χ2v) is 7.06. The van der Waals surface area contributed by atoms with Crippen LogP contribution in [0.1, 0.15) is 44.3 Å². The summed E-state index contributed by atoms with van der Waals surface area (Å²) in [4.78, 5) is 18.1. The Hall–Kier alpha value is -2.18. The SMILES string of the molecule is COC(=O)N1CCC(NC(=NCCc2ccco2)NC2CCCC2)CC1. The van der Waals surface area contributed by atoms with Crippen molar-refractivity contribution in [3.8, 4) is 0 Å². The Labute approximate surface area is 155 Å². The van der Waals surface area contributed by atoms with Crippen LogP contribution < -0.4 is 10.6 Å². The van der Waals surface area contributed by atoms with Crippen LogP contribution in [0.15, 0.2) is 27.8 Å². The van der Waals surface area contributed by atoms with E-state index in [4.69, 9.17) is 14.1 Å². The van der Waals surface area contributed by atoms with Crippen molar-refractivity contribution in [3.63, 3.8) is 0 Å². The van der Waals surface area contributed by atoms with Gasteiger partial charge in [0.05, 0.1) is 13.4 Å². The van der Waals surface area contributed by atoms with Gasteiger partial charge in [-0.15, -0.1) is 0 Å². The summed E-state index contributed by atoms with van der Waals surface area (Å²) in [5.74, 6) is 1.85. The number of furan rings is 1. The Kier molecular flexibility index (Phi) is 6.80. The number of nitrogens with one attached hydrogen (secondary N) is 2. The number of ether oxygens (including phenoxy) is 1. The molecule has 2 heterocycles. The molecule has 0 radical (unpaired) electrons. The molecule has 1 aromatic heterocycles. The number of methoxy groups -OCH3 is 1. The molecule has 0 atom stereocenters. The molecule has 0 unspecified atom stereocenters. The number of hydrogen-bond donors (Lipinski definition) is 2. The minimum absolute atomic E-state index is 0.236. The van der Waals surface area contributed by atoms with Crippen LogP contribution in [0.2, 0.25) is 0 Å². The molecule has 144 valence electrons. The molecule has 1 saturated heterocycles. The van der Waals surface area contributed by atoms with Crippen molar-refractivity contribution in [1.29, 1.82) is 0 Å². The van der Waals surface area contributed by atoms with Crippen LogP contribution in [0.25, 0.3) is 0 Å². The molecule has 1 aromatic rings. The Morgan fingerprint density at radius 3 is 2.54 bits per heavy atom. The van der Waals surface area contributed by atoms with E-state index in [1.165, 1.54) is 32.8 Å². The third-order valence-electron chi connectivity index (χ3n) is 5.17. The average molecular weight is 362 g/mol. The first-order valence-corrected chi connectivity index (χ1v) is 9.67. The van der Waals surface area contributed by atoms with E-state index >= 15 is 0 Å². The number of piperidine rings is 1. The van der Waals surface area contributed by atoms with Crippen molar-refractivity contribution in [2.24, 2.45) is 4.99 Å². The van der Waals surface area contributed by atoms with Crippen molar-refractivity contribution in [2.75, 3.05) is 26.7 Å². The average Bonchev–Trinajstić information content (AvgIpc) is 3.36. The van der Waals surface area contributed by atoms with E-state index in [-0.39, 0.29) is 6.09 Å². The Morgan fingerprint density at radius 2 is 1.92 bits per heavy atom. The molecule has 3 rings (SSSR count). The van der Waals surface area contributed by atoms with E-state index in [0.29, 0.717) is 31.7 Å². The molecule has 2 fully saturated rings. The van der Waals surface area contributed by atoms with E-state index in [9.17, 15) is 4.79 Å². The monoisotopic (exact) mass is 362 g/mol. The van der Waals surface area contributed by atoms with Gasteiger partial charge in [-0.25, -0.2) is 4.79 Å². The van der Waals surface area contributed by atoms with Gasteiger partial charge < -0.3 is 24.7 Å². The van der Waals surface area contributed by atoms with Gasteiger partial charge in [0.15, 0.2) is 5.96 Å². The highest BCUT2D eigenvalue weighted by Crippen LogP contribution is 2.18. The highest BCUT2D eigenvalue weighted by molar-refractivity contribution is 5.80. The van der Waals surface area contributed by atoms with Gasteiger partial charge in [-0.2, -0.15) is 0 Å². The molecule has 0 aromatic carbocycles. The smallest absolute Gasteiger partial charge is 0.409 e. The number of likely N-dealkylation sites (tertiary alicyclic amines) is 1. The zero-order valence-corrected chi connectivity index (χ0v) is 15.6. The number of hydrogen-bond acceptors (Lipinski definition) is 4. The maximum Gasteiger partial charge on any atom is 0.409 e. The summed E-state index contributed by atoms with van der Waals surface area (Å²) in [5.41, 5.74) is 0. The summed E-state index contributed by atoms with van der Waals surface area (Å²) in [6.45, 7) is 2.12. The molecule has 1 amide bonds. The van der Waals surface area contributed by atoms with Crippen molar-refractivity contribution >= 4 is 12.1 Å². The first kappa shape index (κ1) is 18.6. The molecule has 26 heavy (non-hydrogen) atoms. The summed E-state index contributed by atoms with van der Waals surface area (Å²) < 4.78 is 10.2. The van der Waals surface area contributed by atoms with Crippen LogP contribution >= 0.6 is 0 Å². The number of aliphatic imine (C=N–C) groups is 1. The van der Waals surface area contributed by atoms with E-state index in [1.807, 2.05) is 12.1 Å². The molecule has 7 heteroatoms. The van der Waals surface area contributed by atoms with Crippen LogP contribution in [0.3, 0.4) is 0 Å². The molecule has 0 bridgehead atoms. The largest absolute Gasteiger partial charge is 0.469 e. The maximum absolute atomic E-state index is 11.6. The van der Waals surface area contributed by atoms with Gasteiger partial charge in [-0.1, -0.05) is 12.8 Å². The molecule has 7 nitrogen and oxygen atoms in total. The van der Waals surface area contributed by atoms with Gasteiger partial charge in [-0.05, 0) is 37.8 Å². The quantitative estimate of drug-likeness (QED) is 0.622. The number of guanidine groups is 1. The third-order valence-corrected chi connectivity index (χ3v) is 5.17. The van der Waals surface area contributed by atoms with E-state index in [2.05, 4.69) is 10.6 Å². The maximum atomic E-state index is 11.6. The molecule has 1 aliphatic heterocycles. The normalized spacial score (nSPS) is 19.6. The van der Waals surface area contributed by atoms with E-state index in [0.717, 1.165) is 31.0 Å². The zero-order chi connectivity index (χ0) is 18.2. The van der Waals surface area contributed by atoms with Crippen molar-refractivity contribution in [3.05, 3.63) is 24.2 Å². The highest BCUT2D eigenvalue weighted by Gasteiger charge is 2.24. The predicted molar refractivity (Wildman–Crippen MR) is 100 cm³/mol. The summed E-state index contributed by atoms with van der Waals surface area (Å²) in [7, 11) is 1.43. The molecule has 2 N–H and O–H groups in total. The predicted octanol–water partition coefficient (Wildman–Crippen LogP) is 2.53. The van der Waals surface area contributed by atoms with Crippen LogP contribution in [0.5, 0.6) is 0 Å². The van der Waals surface area contributed by atoms with E-state index < -0.39 is 0 Å². The first-order valence-electron chi connectivity index (χ1n) is 9.67. The topological polar surface area (TPSA) is 79.1 Å². The lowest BCUT2D eigenvalue weighted by Gasteiger charge is -2.32. The minimum Gasteiger partial charge on any atom is -0.469 e. The molecular weight excluding hydrogens is 332 g/mol. The number of carbonyl (C=O) groups excluding carboxylic acids is 1. The Morgan fingerprint density at radius 1 is 1.23 bits per heavy atom. The zero-order valence-electron chi connectivity index (χ0n) is 15.6. The Balaban J connectivity index is 1.52. The summed E-state index contributed by atoms with van der Waals surface area (Å²) in [6.07, 6.45) is 9.05. The lowest BCUT2D eigenvalue weighted by Crippen LogP contribution is -2.51. The van der Waals surface area contributed by atoms with Crippen molar-refractivity contribution in [1.82, 2.24) is 15.5 Å². The lowest BCUT2D eigenvalue weighted by molar-refractivity contribution is 0.111. The highest BCUT2D eigenvalue weighted by atomic mass is 16.5. The molecule has 1 saturated carbocycles. The lowest BCUT2D eigenvalue weighted by atomic mass is 10.1. The number of rotatable bonds is 5. The number of nitrogens with zero attached hydrogens (tertiary/aromatic N) is 2. The molecular formula is C19H30N4O3. The number of carbonyl (C=O) groups is 1. The van der Waals surface area contributed by atoms with Gasteiger partial charge in [0, 0.05) is 38.1 Å². The van der Waals surface area contributed by atoms with Crippen LogP contribution in [0, 0.1) is 0 Å². The second-order valence-electron chi connectivity index (χ2n) is 7.06. The number of amides is 1. The van der Waals surface area contributed by atoms with Crippen molar-refractivity contribution in [2.45, 2.75) is 57.0 Å². The van der Waals surface area contributed by atoms with Gasteiger partial charge in [-0.3, -0.25) is 4.99 Å². The fraction of sp³-hybridized carbons (Fsp3) is 0.684. The molecule has 1 aliphatic carbocycles. The second kappa shape index (κ2) is 9.50. The third kappa shape index (κ3) is 5.41. The van der Waals surface area contributed by atoms with Crippen molar-refractivity contribution < 1.29 is 13.9 Å². The van der Waals surface area contributed by atoms with Crippen LogP contribution in [-0.2, 0) is 11.2 Å². The standard InChI is InChI=1S/C19H30N4O3/c1-25-19(24)23-12-9-16(10-13-23)22-18(21-15-5-2-3-6-15)20-11-8-17-7-4-14-26-17/h4,7,14-16H,2-3,5-6,8-13H2,1H3,(H2,20,21,22). The summed E-state index contributed by atoms with van der Waals surface area (Å²) >= 11 is 0. The molecule has 2 aliphatic rings. The minimum atomic E-state index is -0.236. The fourth-order valence-corrected chi connectivity index (χ4v) is 3.66.